The highest BCUT2D eigenvalue weighted by Gasteiger charge is 2.53. The number of β-amino-alcohol motifs (C(OH)–C–C–N with tert-alkyl or cyclic N) is 1. The van der Waals surface area contributed by atoms with E-state index < -0.39 is 47.0 Å². The third-order valence-corrected chi connectivity index (χ3v) is 15.9. The van der Waals surface area contributed by atoms with E-state index in [0.717, 1.165) is 107 Å². The van der Waals surface area contributed by atoms with Crippen LogP contribution < -0.4 is 25.4 Å². The number of ether oxygens (including phenoxy) is 2. The van der Waals surface area contributed by atoms with Crippen molar-refractivity contribution >= 4 is 51.6 Å². The number of anilines is 1. The van der Waals surface area contributed by atoms with Crippen molar-refractivity contribution in [1.82, 2.24) is 25.5 Å². The Hall–Kier alpha value is -6.00. The molecule has 3 aliphatic rings. The fourth-order valence-electron chi connectivity index (χ4n) is 10.2. The summed E-state index contributed by atoms with van der Waals surface area (Å²) in [7, 11) is 0. The number of carbonyl (C=O) groups is 4. The van der Waals surface area contributed by atoms with E-state index in [1.807, 2.05) is 62.4 Å². The van der Waals surface area contributed by atoms with Crippen molar-refractivity contribution in [2.45, 2.75) is 148 Å². The fraction of sp³-hybridized carbons (Fsp3) is 0.509. The van der Waals surface area contributed by atoms with Crippen molar-refractivity contribution in [3.05, 3.63) is 101 Å². The lowest BCUT2D eigenvalue weighted by molar-refractivity contribution is -0.145. The van der Waals surface area contributed by atoms with Gasteiger partial charge in [0, 0.05) is 48.3 Å². The van der Waals surface area contributed by atoms with Crippen LogP contribution in [0.15, 0.2) is 78.4 Å². The number of amides is 4. The minimum absolute atomic E-state index is 0.0100. The van der Waals surface area contributed by atoms with Gasteiger partial charge in [0.2, 0.25) is 17.7 Å². The monoisotopic (exact) mass is 1020 g/mol. The number of carbonyl (C=O) groups excluding carboxylic acids is 4. The highest BCUT2D eigenvalue weighted by atomic mass is 32.1. The van der Waals surface area contributed by atoms with Gasteiger partial charge < -0.3 is 35.4 Å². The molecule has 3 heterocycles. The maximum Gasteiger partial charge on any atom is 0.258 e. The molecule has 4 amide bonds. The van der Waals surface area contributed by atoms with Gasteiger partial charge in [0.25, 0.3) is 5.91 Å². The fourth-order valence-corrected chi connectivity index (χ4v) is 11.0. The molecule has 390 valence electrons. The summed E-state index contributed by atoms with van der Waals surface area (Å²) in [6.45, 7) is 10.3. The van der Waals surface area contributed by atoms with Gasteiger partial charge in [-0.3, -0.25) is 24.2 Å². The third kappa shape index (κ3) is 13.4. The van der Waals surface area contributed by atoms with Gasteiger partial charge in [-0.05, 0) is 141 Å². The summed E-state index contributed by atoms with van der Waals surface area (Å²) >= 11 is 1.54. The van der Waals surface area contributed by atoms with Crippen LogP contribution in [-0.4, -0.2) is 87.2 Å². The number of hydrogen-bond donors (Lipinski definition) is 4. The molecular formula is C57H70F2N6O7S. The zero-order valence-electron chi connectivity index (χ0n) is 42.7. The Kier molecular flexibility index (Phi) is 17.1. The van der Waals surface area contributed by atoms with E-state index in [0.29, 0.717) is 24.9 Å². The van der Waals surface area contributed by atoms with E-state index in [4.69, 9.17) is 9.47 Å². The first-order valence-corrected chi connectivity index (χ1v) is 26.9. The number of aliphatic hydroxyl groups excluding tert-OH is 1. The van der Waals surface area contributed by atoms with Crippen molar-refractivity contribution < 1.29 is 42.5 Å². The van der Waals surface area contributed by atoms with Crippen LogP contribution in [0.3, 0.4) is 0 Å². The molecule has 73 heavy (non-hydrogen) atoms. The lowest BCUT2D eigenvalue weighted by Gasteiger charge is -2.35. The average molecular weight is 1020 g/mol. The zero-order valence-corrected chi connectivity index (χ0v) is 43.5. The quantitative estimate of drug-likeness (QED) is 0.0522. The molecule has 3 aromatic carbocycles. The summed E-state index contributed by atoms with van der Waals surface area (Å²) in [5.41, 5.74) is 4.34. The Bertz CT molecular complexity index is 2730. The number of benzene rings is 3. The van der Waals surface area contributed by atoms with Gasteiger partial charge >= 0.3 is 0 Å². The molecule has 0 spiro atoms. The summed E-state index contributed by atoms with van der Waals surface area (Å²) in [4.78, 5) is 64.9. The second-order valence-electron chi connectivity index (χ2n) is 21.4. The number of fused-ring (bicyclic) bond motifs is 1. The van der Waals surface area contributed by atoms with E-state index in [-0.39, 0.29) is 55.9 Å². The van der Waals surface area contributed by atoms with Crippen LogP contribution in [0.1, 0.15) is 127 Å². The number of aryl methyl sites for hydroxylation is 1. The largest absolute Gasteiger partial charge is 0.494 e. The maximum absolute atomic E-state index is 14.7. The second kappa shape index (κ2) is 23.5. The van der Waals surface area contributed by atoms with Crippen LogP contribution in [-0.2, 0) is 25.7 Å². The van der Waals surface area contributed by atoms with Crippen LogP contribution in [0.5, 0.6) is 11.5 Å². The van der Waals surface area contributed by atoms with E-state index in [2.05, 4.69) is 25.9 Å². The molecule has 1 aliphatic heterocycles. The van der Waals surface area contributed by atoms with Crippen molar-refractivity contribution in [3.8, 4) is 21.9 Å². The van der Waals surface area contributed by atoms with Crippen LogP contribution in [0, 0.1) is 30.0 Å². The van der Waals surface area contributed by atoms with E-state index in [9.17, 15) is 33.1 Å². The highest BCUT2D eigenvalue weighted by molar-refractivity contribution is 7.13. The molecule has 3 fully saturated rings. The molecular weight excluding hydrogens is 951 g/mol. The highest BCUT2D eigenvalue weighted by Crippen LogP contribution is 2.42. The van der Waals surface area contributed by atoms with Gasteiger partial charge in [0.1, 0.15) is 29.4 Å². The molecule has 2 saturated carbocycles. The lowest BCUT2D eigenvalue weighted by atomic mass is 9.73. The van der Waals surface area contributed by atoms with Crippen LogP contribution >= 0.6 is 11.3 Å². The van der Waals surface area contributed by atoms with Crippen LogP contribution in [0.25, 0.3) is 21.3 Å². The SMILES string of the molecule is Cc1ncsc1-c1ccc(CNC(=O)[C@@H]2C[C@@H](O)CN2C(=O)[C@@H](NC(=O)C2(F)CC2)C(C)(C)C)c(OCCCCCCCOc2ccc(NC(=O)[C@H](C)C3CCC(c4ccnc5ccc(F)cc45)CC3)cc2)c1. The number of thiazole rings is 1. The standard InChI is InChI=1S/C57H70F2N6O7S/c1-35(37-11-13-38(14-12-37)45-23-26-60-47-22-17-41(58)30-46(45)47)52(67)63-42-18-20-44(21-19-42)71-27-9-7-6-8-10-28-72-49-29-39(50-36(2)62-34-73-50)15-16-40(49)32-61-53(68)48-31-43(66)33-65(48)54(69)51(56(3,4)5)64-55(70)57(59)24-25-57/h15-23,26,29-30,34-35,37-38,43,48,51,66H,6-14,24-25,27-28,31-33H2,1-5H3,(H,61,68)(H,63,67)(H,64,70)/t35-,37?,38?,43-,48+,51-/m1/s1. The number of aromatic nitrogens is 2. The number of unbranched alkanes of at least 4 members (excludes halogenated alkanes) is 4. The van der Waals surface area contributed by atoms with Gasteiger partial charge in [0.15, 0.2) is 5.67 Å². The molecule has 1 saturated heterocycles. The number of pyridine rings is 1. The number of nitrogens with zero attached hydrogens (tertiary/aromatic N) is 3. The minimum atomic E-state index is -1.97. The van der Waals surface area contributed by atoms with Gasteiger partial charge in [-0.15, -0.1) is 11.3 Å². The molecule has 2 aromatic heterocycles. The molecule has 5 aromatic rings. The van der Waals surface area contributed by atoms with Gasteiger partial charge in [-0.1, -0.05) is 59.1 Å². The number of nitrogens with one attached hydrogen (secondary N) is 3. The van der Waals surface area contributed by atoms with Crippen molar-refractivity contribution in [2.75, 3.05) is 25.1 Å². The summed E-state index contributed by atoms with van der Waals surface area (Å²) in [6, 6.07) is 18.1. The summed E-state index contributed by atoms with van der Waals surface area (Å²) in [6.07, 6.45) is 9.53. The normalized spacial score (nSPS) is 20.2. The lowest BCUT2D eigenvalue weighted by Crippen LogP contribution is -2.59. The average Bonchev–Trinajstić information content (AvgIpc) is 3.78. The number of likely N-dealkylation sites (tertiary alicyclic amines) is 1. The summed E-state index contributed by atoms with van der Waals surface area (Å²) < 4.78 is 41.1. The number of halogens is 2. The summed E-state index contributed by atoms with van der Waals surface area (Å²) in [5, 5.41) is 20.2. The van der Waals surface area contributed by atoms with Crippen molar-refractivity contribution in [3.63, 3.8) is 0 Å². The molecule has 2 aliphatic carbocycles. The van der Waals surface area contributed by atoms with E-state index in [1.54, 1.807) is 44.6 Å². The van der Waals surface area contributed by atoms with Gasteiger partial charge in [-0.25, -0.2) is 13.8 Å². The molecule has 16 heteroatoms. The zero-order chi connectivity index (χ0) is 51.9. The van der Waals surface area contributed by atoms with Crippen LogP contribution in [0.4, 0.5) is 14.5 Å². The number of alkyl halides is 1. The van der Waals surface area contributed by atoms with Gasteiger partial charge in [0.05, 0.1) is 40.9 Å². The van der Waals surface area contributed by atoms with Gasteiger partial charge in [-0.2, -0.15) is 0 Å². The number of hydrogen-bond acceptors (Lipinski definition) is 10. The second-order valence-corrected chi connectivity index (χ2v) is 22.2. The Morgan fingerprint density at radius 2 is 1.62 bits per heavy atom. The Morgan fingerprint density at radius 3 is 2.30 bits per heavy atom. The topological polar surface area (TPSA) is 172 Å². The molecule has 4 N–H and O–H groups in total. The molecule has 13 nitrogen and oxygen atoms in total. The predicted octanol–water partition coefficient (Wildman–Crippen LogP) is 10.4. The summed E-state index contributed by atoms with van der Waals surface area (Å²) in [5.74, 6) is -0.217. The molecule has 8 rings (SSSR count). The van der Waals surface area contributed by atoms with Crippen molar-refractivity contribution in [2.24, 2.45) is 17.3 Å². The van der Waals surface area contributed by atoms with Crippen molar-refractivity contribution in [1.29, 1.82) is 0 Å². The van der Waals surface area contributed by atoms with E-state index in [1.165, 1.54) is 22.3 Å². The molecule has 4 atom stereocenters. The minimum Gasteiger partial charge on any atom is -0.494 e. The molecule has 0 radical (unpaired) electrons. The third-order valence-electron chi connectivity index (χ3n) is 14.9. The molecule has 0 unspecified atom stereocenters. The van der Waals surface area contributed by atoms with Crippen LogP contribution in [0.2, 0.25) is 0 Å². The first-order chi connectivity index (χ1) is 35.0. The first-order valence-electron chi connectivity index (χ1n) is 26.0. The smallest absolute Gasteiger partial charge is 0.258 e. The maximum atomic E-state index is 14.7. The predicted molar refractivity (Wildman–Crippen MR) is 279 cm³/mol. The molecule has 0 bridgehead atoms. The first kappa shape index (κ1) is 53.3. The van der Waals surface area contributed by atoms with E-state index >= 15 is 0 Å². The number of aliphatic hydroxyl groups is 1. The Morgan fingerprint density at radius 1 is 0.904 bits per heavy atom. The number of rotatable bonds is 21. The Balaban J connectivity index is 0.752. The Labute approximate surface area is 431 Å².